The zero-order chi connectivity index (χ0) is 28.7. The van der Waals surface area contributed by atoms with E-state index >= 15 is 0 Å². The van der Waals surface area contributed by atoms with Crippen LogP contribution in [0.5, 0.6) is 0 Å². The Morgan fingerprint density at radius 1 is 1.00 bits per heavy atom. The molecule has 1 atom stereocenters. The second-order valence-corrected chi connectivity index (χ2v) is 12.7. The fourth-order valence-electron chi connectivity index (χ4n) is 3.39. The molecule has 210 valence electrons. The van der Waals surface area contributed by atoms with E-state index in [0.717, 1.165) is 26.6 Å². The van der Waals surface area contributed by atoms with E-state index < -0.39 is 23.5 Å². The monoisotopic (exact) mass is 572 g/mol. The first-order chi connectivity index (χ1) is 18.3. The van der Waals surface area contributed by atoms with Crippen molar-refractivity contribution in [3.63, 3.8) is 0 Å². The lowest BCUT2D eigenvalue weighted by Crippen LogP contribution is -2.40. The maximum atomic E-state index is 13.4. The number of ether oxygens (including phenoxy) is 2. The van der Waals surface area contributed by atoms with E-state index in [1.54, 1.807) is 46.0 Å². The lowest BCUT2D eigenvalue weighted by atomic mass is 10.1. The molecule has 0 bridgehead atoms. The second-order valence-electron chi connectivity index (χ2n) is 10.4. The van der Waals surface area contributed by atoms with E-state index in [0.29, 0.717) is 10.6 Å². The summed E-state index contributed by atoms with van der Waals surface area (Å²) in [6, 6.07) is 12.9. The van der Waals surface area contributed by atoms with Gasteiger partial charge in [0, 0.05) is 30.1 Å². The summed E-state index contributed by atoms with van der Waals surface area (Å²) in [4.78, 5) is 29.8. The first-order valence-corrected chi connectivity index (χ1v) is 14.6. The van der Waals surface area contributed by atoms with Crippen LogP contribution < -0.4 is 15.4 Å². The number of thiazole rings is 1. The third kappa shape index (κ3) is 9.54. The standard InChI is InChI=1S/C28H36N4O5S2/c1-17(2)36-26(33)30-15-19-8-13-22(24(14-19)39(35)32-28(5,6)7)23-16-29-25(38-23)20-9-11-21(12-10-20)31-27(34)37-18(3)4/h8-14,16-18,32H,15H2,1-7H3,(H,30,33)(H,31,34). The molecular weight excluding hydrogens is 536 g/mol. The number of carbonyl (C=O) groups excluding carboxylic acids is 2. The predicted octanol–water partition coefficient (Wildman–Crippen LogP) is 6.48. The zero-order valence-electron chi connectivity index (χ0n) is 23.3. The van der Waals surface area contributed by atoms with Gasteiger partial charge in [-0.25, -0.2) is 14.6 Å². The van der Waals surface area contributed by atoms with Crippen LogP contribution in [0.4, 0.5) is 15.3 Å². The van der Waals surface area contributed by atoms with Gasteiger partial charge < -0.3 is 19.3 Å². The quantitative estimate of drug-likeness (QED) is 0.251. The van der Waals surface area contributed by atoms with E-state index in [4.69, 9.17) is 9.47 Å². The molecule has 1 unspecified atom stereocenters. The number of anilines is 1. The molecule has 0 aliphatic carbocycles. The van der Waals surface area contributed by atoms with Crippen molar-refractivity contribution in [1.82, 2.24) is 15.0 Å². The van der Waals surface area contributed by atoms with Gasteiger partial charge in [0.05, 0.1) is 39.5 Å². The Kier molecular flexibility index (Phi) is 10.4. The number of nitrogens with zero attached hydrogens (tertiary/aromatic N) is 1. The summed E-state index contributed by atoms with van der Waals surface area (Å²) in [6.45, 7) is 13.2. The average Bonchev–Trinajstić information content (AvgIpc) is 3.31. The Morgan fingerprint density at radius 3 is 2.26 bits per heavy atom. The number of hydrogen-bond acceptors (Lipinski definition) is 8. The molecule has 3 aromatic rings. The van der Waals surface area contributed by atoms with Gasteiger partial charge in [-0.2, -0.15) is 0 Å². The molecule has 1 heterocycles. The molecule has 39 heavy (non-hydrogen) atoms. The van der Waals surface area contributed by atoms with Crippen LogP contribution in [0.2, 0.25) is 0 Å². The van der Waals surface area contributed by atoms with Crippen molar-refractivity contribution in [2.75, 3.05) is 5.32 Å². The van der Waals surface area contributed by atoms with Gasteiger partial charge in [0.15, 0.2) is 4.90 Å². The number of hydrogen-bond donors (Lipinski definition) is 3. The average molecular weight is 573 g/mol. The number of benzene rings is 2. The lowest BCUT2D eigenvalue weighted by Gasteiger charge is -2.23. The molecule has 0 radical (unpaired) electrons. The third-order valence-corrected chi connectivity index (χ3v) is 7.53. The minimum absolute atomic E-state index is 0.206. The van der Waals surface area contributed by atoms with Gasteiger partial charge in [0.2, 0.25) is 0 Å². The van der Waals surface area contributed by atoms with Crippen molar-refractivity contribution in [1.29, 1.82) is 0 Å². The zero-order valence-corrected chi connectivity index (χ0v) is 24.9. The van der Waals surface area contributed by atoms with Crippen LogP contribution in [-0.2, 0) is 27.4 Å². The van der Waals surface area contributed by atoms with E-state index in [-0.39, 0.29) is 24.3 Å². The molecular formula is C28H36N4O5S2. The molecule has 2 aromatic carbocycles. The van der Waals surface area contributed by atoms with Gasteiger partial charge >= 0.3 is 12.2 Å². The van der Waals surface area contributed by atoms with E-state index in [1.165, 1.54) is 11.3 Å². The van der Waals surface area contributed by atoms with Crippen LogP contribution in [0.15, 0.2) is 53.6 Å². The molecule has 0 aliphatic heterocycles. The largest absolute Gasteiger partial charge is 0.593 e. The normalized spacial score (nSPS) is 12.4. The highest BCUT2D eigenvalue weighted by molar-refractivity contribution is 7.89. The van der Waals surface area contributed by atoms with Gasteiger partial charge in [-0.1, -0.05) is 6.07 Å². The second kappa shape index (κ2) is 13.3. The summed E-state index contributed by atoms with van der Waals surface area (Å²) in [6.07, 6.45) is 0.323. The number of carbonyl (C=O) groups is 2. The number of alkyl carbamates (subject to hydrolysis) is 1. The summed E-state index contributed by atoms with van der Waals surface area (Å²) in [7, 11) is 0. The van der Waals surface area contributed by atoms with Crippen LogP contribution >= 0.6 is 11.3 Å². The molecule has 2 amide bonds. The third-order valence-electron chi connectivity index (χ3n) is 4.92. The lowest BCUT2D eigenvalue weighted by molar-refractivity contribution is 0.115. The molecule has 0 fully saturated rings. The molecule has 0 saturated carbocycles. The summed E-state index contributed by atoms with van der Waals surface area (Å²) in [5.74, 6) is 0. The van der Waals surface area contributed by atoms with Crippen LogP contribution in [0.3, 0.4) is 0 Å². The fraction of sp³-hybridized carbons (Fsp3) is 0.393. The molecule has 3 rings (SSSR count). The van der Waals surface area contributed by atoms with E-state index in [2.05, 4.69) is 20.3 Å². The van der Waals surface area contributed by atoms with Gasteiger partial charge in [-0.05, 0) is 84.4 Å². The summed E-state index contributed by atoms with van der Waals surface area (Å²) in [5.41, 5.74) is 2.70. The van der Waals surface area contributed by atoms with Crippen LogP contribution in [0.1, 0.15) is 54.0 Å². The molecule has 0 spiro atoms. The minimum Gasteiger partial charge on any atom is -0.593 e. The van der Waals surface area contributed by atoms with Crippen molar-refractivity contribution in [2.45, 2.75) is 77.7 Å². The Morgan fingerprint density at radius 2 is 1.64 bits per heavy atom. The highest BCUT2D eigenvalue weighted by Gasteiger charge is 2.25. The number of nitrogens with one attached hydrogen (secondary N) is 3. The topological polar surface area (TPSA) is 125 Å². The maximum Gasteiger partial charge on any atom is 0.411 e. The smallest absolute Gasteiger partial charge is 0.411 e. The first kappa shape index (κ1) is 30.4. The predicted molar refractivity (Wildman–Crippen MR) is 156 cm³/mol. The molecule has 1 aromatic heterocycles. The SMILES string of the molecule is CC(C)OC(=O)NCc1ccc(-c2cnc(-c3ccc(NC(=O)OC(C)C)cc3)s2)c([S+]([O-])NC(C)(C)C)c1. The van der Waals surface area contributed by atoms with Crippen LogP contribution in [0, 0.1) is 0 Å². The minimum atomic E-state index is -1.51. The van der Waals surface area contributed by atoms with E-state index in [9.17, 15) is 14.1 Å². The Labute approximate surface area is 237 Å². The van der Waals surface area contributed by atoms with Crippen LogP contribution in [0.25, 0.3) is 21.0 Å². The van der Waals surface area contributed by atoms with Crippen molar-refractivity contribution < 1.29 is 23.6 Å². The number of amides is 2. The van der Waals surface area contributed by atoms with Crippen molar-refractivity contribution in [2.24, 2.45) is 0 Å². The number of aromatic nitrogens is 1. The summed E-state index contributed by atoms with van der Waals surface area (Å²) >= 11 is -0.0417. The van der Waals surface area contributed by atoms with Crippen molar-refractivity contribution in [3.8, 4) is 21.0 Å². The fourth-order valence-corrected chi connectivity index (χ4v) is 5.71. The summed E-state index contributed by atoms with van der Waals surface area (Å²) < 4.78 is 26.8. The van der Waals surface area contributed by atoms with Gasteiger partial charge in [0.1, 0.15) is 5.01 Å². The Balaban J connectivity index is 1.84. The molecule has 0 aliphatic rings. The van der Waals surface area contributed by atoms with E-state index in [1.807, 2.05) is 51.1 Å². The van der Waals surface area contributed by atoms with Gasteiger partial charge in [-0.15, -0.1) is 16.1 Å². The van der Waals surface area contributed by atoms with Crippen LogP contribution in [-0.4, -0.2) is 39.5 Å². The maximum absolute atomic E-state index is 13.4. The Hall–Kier alpha value is -3.12. The molecule has 3 N–H and O–H groups in total. The van der Waals surface area contributed by atoms with Gasteiger partial charge in [-0.3, -0.25) is 5.32 Å². The molecule has 9 nitrogen and oxygen atoms in total. The molecule has 11 heteroatoms. The first-order valence-electron chi connectivity index (χ1n) is 12.6. The van der Waals surface area contributed by atoms with Crippen molar-refractivity contribution in [3.05, 3.63) is 54.2 Å². The summed E-state index contributed by atoms with van der Waals surface area (Å²) in [5, 5.41) is 6.21. The highest BCUT2D eigenvalue weighted by Crippen LogP contribution is 2.36. The van der Waals surface area contributed by atoms with Gasteiger partial charge in [0.25, 0.3) is 0 Å². The Bertz CT molecular complexity index is 1270. The highest BCUT2D eigenvalue weighted by atomic mass is 32.2. The van der Waals surface area contributed by atoms with Crippen molar-refractivity contribution >= 4 is 40.6 Å². The number of rotatable bonds is 9. The molecule has 0 saturated heterocycles.